The number of halogens is 1. The Balaban J connectivity index is 2.34. The van der Waals surface area contributed by atoms with Crippen LogP contribution in [0.15, 0.2) is 12.1 Å². The van der Waals surface area contributed by atoms with E-state index in [2.05, 4.69) is 0 Å². The first-order valence-corrected chi connectivity index (χ1v) is 7.31. The third-order valence-electron chi connectivity index (χ3n) is 3.56. The molecule has 6 heteroatoms. The van der Waals surface area contributed by atoms with Crippen molar-refractivity contribution in [3.8, 4) is 5.75 Å². The molecule has 0 spiro atoms. The molecular weight excluding hydrogens is 287 g/mol. The van der Waals surface area contributed by atoms with E-state index in [-0.39, 0.29) is 18.4 Å². The maximum atomic E-state index is 14.2. The molecule has 1 aliphatic heterocycles. The van der Waals surface area contributed by atoms with Crippen LogP contribution in [-0.2, 0) is 11.3 Å². The van der Waals surface area contributed by atoms with Crippen molar-refractivity contribution in [1.82, 2.24) is 4.90 Å². The minimum absolute atomic E-state index is 0.126. The lowest BCUT2D eigenvalue weighted by Crippen LogP contribution is -2.36. The zero-order chi connectivity index (χ0) is 16.5. The molecule has 0 fully saturated rings. The van der Waals surface area contributed by atoms with Crippen LogP contribution in [0.2, 0.25) is 0 Å². The van der Waals surface area contributed by atoms with Crippen LogP contribution in [0.4, 0.5) is 9.18 Å². The van der Waals surface area contributed by atoms with E-state index in [1.165, 1.54) is 18.1 Å². The van der Waals surface area contributed by atoms with Gasteiger partial charge in [0.15, 0.2) is 0 Å². The molecule has 0 aromatic heterocycles. The number of carbonyl (C=O) groups excluding carboxylic acids is 1. The number of nitrogens with two attached hydrogens (primary N) is 1. The van der Waals surface area contributed by atoms with Crippen LogP contribution in [0.5, 0.6) is 5.75 Å². The molecule has 2 rings (SSSR count). The summed E-state index contributed by atoms with van der Waals surface area (Å²) >= 11 is 0. The summed E-state index contributed by atoms with van der Waals surface area (Å²) in [4.78, 5) is 13.7. The summed E-state index contributed by atoms with van der Waals surface area (Å²) in [5.74, 6) is 0.164. The van der Waals surface area contributed by atoms with Crippen molar-refractivity contribution in [2.75, 3.05) is 13.7 Å². The van der Waals surface area contributed by atoms with Gasteiger partial charge in [0.2, 0.25) is 0 Å². The topological polar surface area (TPSA) is 64.8 Å². The van der Waals surface area contributed by atoms with Crippen molar-refractivity contribution < 1.29 is 18.7 Å². The highest BCUT2D eigenvalue weighted by Gasteiger charge is 2.30. The van der Waals surface area contributed by atoms with Gasteiger partial charge in [-0.2, -0.15) is 0 Å². The maximum absolute atomic E-state index is 14.2. The number of fused-ring (bicyclic) bond motifs is 1. The highest BCUT2D eigenvalue weighted by Crippen LogP contribution is 2.34. The fraction of sp³-hybridized carbons (Fsp3) is 0.562. The van der Waals surface area contributed by atoms with E-state index in [1.807, 2.05) is 0 Å². The maximum Gasteiger partial charge on any atom is 0.410 e. The fourth-order valence-electron chi connectivity index (χ4n) is 2.55. The number of ether oxygens (including phenoxy) is 2. The second-order valence-corrected chi connectivity index (χ2v) is 6.44. The van der Waals surface area contributed by atoms with Gasteiger partial charge in [0.25, 0.3) is 0 Å². The van der Waals surface area contributed by atoms with Crippen molar-refractivity contribution in [3.63, 3.8) is 0 Å². The van der Waals surface area contributed by atoms with E-state index in [0.717, 1.165) is 0 Å². The van der Waals surface area contributed by atoms with Gasteiger partial charge < -0.3 is 20.1 Å². The summed E-state index contributed by atoms with van der Waals surface area (Å²) < 4.78 is 24.9. The summed E-state index contributed by atoms with van der Waals surface area (Å²) in [6.45, 7) is 5.93. The standard InChI is InChI=1S/C16H23FN2O3/c1-16(2,3)22-15(20)19-8-7-12(18)14-10(9-19)11(17)5-6-13(14)21-4/h5-6,12H,7-9,18H2,1-4H3/t12-/m0/s1. The summed E-state index contributed by atoms with van der Waals surface area (Å²) in [6.07, 6.45) is 0.0567. The molecule has 1 amide bonds. The number of nitrogens with zero attached hydrogens (tertiary/aromatic N) is 1. The molecule has 1 aromatic carbocycles. The smallest absolute Gasteiger partial charge is 0.410 e. The largest absolute Gasteiger partial charge is 0.496 e. The normalized spacial score (nSPS) is 18.5. The van der Waals surface area contributed by atoms with Gasteiger partial charge >= 0.3 is 6.09 Å². The number of methoxy groups -OCH3 is 1. The van der Waals surface area contributed by atoms with Crippen molar-refractivity contribution in [3.05, 3.63) is 29.1 Å². The molecule has 1 aliphatic rings. The Bertz CT molecular complexity index is 569. The Morgan fingerprint density at radius 3 is 2.68 bits per heavy atom. The van der Waals surface area contributed by atoms with Crippen molar-refractivity contribution >= 4 is 6.09 Å². The van der Waals surface area contributed by atoms with Gasteiger partial charge in [-0.3, -0.25) is 0 Å². The minimum atomic E-state index is -0.596. The summed E-state index contributed by atoms with van der Waals surface area (Å²) in [5.41, 5.74) is 6.59. The van der Waals surface area contributed by atoms with Crippen LogP contribution in [0.25, 0.3) is 0 Å². The lowest BCUT2D eigenvalue weighted by Gasteiger charge is -2.26. The van der Waals surface area contributed by atoms with Crippen LogP contribution in [0.3, 0.4) is 0 Å². The lowest BCUT2D eigenvalue weighted by atomic mass is 9.98. The molecule has 0 bridgehead atoms. The van der Waals surface area contributed by atoms with Crippen LogP contribution in [0, 0.1) is 5.82 Å². The average Bonchev–Trinajstić information content (AvgIpc) is 2.58. The van der Waals surface area contributed by atoms with Crippen LogP contribution in [-0.4, -0.2) is 30.2 Å². The lowest BCUT2D eigenvalue weighted by molar-refractivity contribution is 0.0233. The van der Waals surface area contributed by atoms with E-state index in [9.17, 15) is 9.18 Å². The molecule has 22 heavy (non-hydrogen) atoms. The monoisotopic (exact) mass is 310 g/mol. The van der Waals surface area contributed by atoms with E-state index in [4.69, 9.17) is 15.2 Å². The number of amides is 1. The first kappa shape index (κ1) is 16.5. The third-order valence-corrected chi connectivity index (χ3v) is 3.56. The number of benzene rings is 1. The second-order valence-electron chi connectivity index (χ2n) is 6.44. The van der Waals surface area contributed by atoms with E-state index >= 15 is 0 Å². The molecule has 122 valence electrons. The number of rotatable bonds is 1. The van der Waals surface area contributed by atoms with Gasteiger partial charge in [-0.15, -0.1) is 0 Å². The minimum Gasteiger partial charge on any atom is -0.496 e. The molecule has 0 saturated carbocycles. The van der Waals surface area contributed by atoms with Crippen molar-refractivity contribution in [1.29, 1.82) is 0 Å². The van der Waals surface area contributed by atoms with Crippen LogP contribution in [0.1, 0.15) is 44.4 Å². The fourth-order valence-corrected chi connectivity index (χ4v) is 2.55. The first-order chi connectivity index (χ1) is 10.2. The average molecular weight is 310 g/mol. The number of hydrogen-bond acceptors (Lipinski definition) is 4. The number of hydrogen-bond donors (Lipinski definition) is 1. The van der Waals surface area contributed by atoms with Crippen molar-refractivity contribution in [2.24, 2.45) is 5.73 Å². The predicted octanol–water partition coefficient (Wildman–Crippen LogP) is 2.97. The van der Waals surface area contributed by atoms with Gasteiger partial charge in [0, 0.05) is 23.7 Å². The molecule has 1 heterocycles. The molecule has 0 unspecified atom stereocenters. The molecular formula is C16H23FN2O3. The van der Waals surface area contributed by atoms with Crippen LogP contribution >= 0.6 is 0 Å². The molecule has 1 aromatic rings. The molecule has 5 nitrogen and oxygen atoms in total. The van der Waals surface area contributed by atoms with Gasteiger partial charge in [-0.25, -0.2) is 9.18 Å². The highest BCUT2D eigenvalue weighted by molar-refractivity contribution is 5.68. The Kier molecular flexibility index (Phi) is 4.60. The summed E-state index contributed by atoms with van der Waals surface area (Å²) in [5, 5.41) is 0. The van der Waals surface area contributed by atoms with Crippen LogP contribution < -0.4 is 10.5 Å². The summed E-state index contributed by atoms with van der Waals surface area (Å²) in [7, 11) is 1.52. The summed E-state index contributed by atoms with van der Waals surface area (Å²) in [6, 6.07) is 2.52. The molecule has 0 saturated heterocycles. The molecule has 0 radical (unpaired) electrons. The zero-order valence-corrected chi connectivity index (χ0v) is 13.5. The number of carbonyl (C=O) groups is 1. The first-order valence-electron chi connectivity index (χ1n) is 7.31. The van der Waals surface area contributed by atoms with E-state index in [0.29, 0.717) is 29.8 Å². The third kappa shape index (κ3) is 3.50. The predicted molar refractivity (Wildman–Crippen MR) is 81.1 cm³/mol. The Hall–Kier alpha value is -1.82. The van der Waals surface area contributed by atoms with Gasteiger partial charge in [-0.1, -0.05) is 0 Å². The zero-order valence-electron chi connectivity index (χ0n) is 13.5. The molecule has 1 atom stereocenters. The molecule has 2 N–H and O–H groups in total. The second kappa shape index (κ2) is 6.12. The van der Waals surface area contributed by atoms with Crippen molar-refractivity contribution in [2.45, 2.75) is 45.4 Å². The Morgan fingerprint density at radius 1 is 1.41 bits per heavy atom. The highest BCUT2D eigenvalue weighted by atomic mass is 19.1. The SMILES string of the molecule is COc1ccc(F)c2c1[C@@H](N)CCN(C(=O)OC(C)(C)C)C2. The quantitative estimate of drug-likeness (QED) is 0.866. The van der Waals surface area contributed by atoms with Gasteiger partial charge in [0.1, 0.15) is 17.2 Å². The van der Waals surface area contributed by atoms with Gasteiger partial charge in [0.05, 0.1) is 13.7 Å². The van der Waals surface area contributed by atoms with E-state index < -0.39 is 11.7 Å². The molecule has 0 aliphatic carbocycles. The van der Waals surface area contributed by atoms with E-state index in [1.54, 1.807) is 26.8 Å². The Labute approximate surface area is 130 Å². The van der Waals surface area contributed by atoms with Gasteiger partial charge in [-0.05, 0) is 39.3 Å². The Morgan fingerprint density at radius 2 is 2.09 bits per heavy atom.